The highest BCUT2D eigenvalue weighted by Crippen LogP contribution is 2.51. The summed E-state index contributed by atoms with van der Waals surface area (Å²) in [6.45, 7) is 6.62. The molecule has 0 bridgehead atoms. The van der Waals surface area contributed by atoms with Crippen LogP contribution in [-0.4, -0.2) is 22.6 Å². The molecule has 1 aliphatic heterocycles. The molecule has 200 valence electrons. The molecule has 39 heavy (non-hydrogen) atoms. The van der Waals surface area contributed by atoms with E-state index in [0.29, 0.717) is 46.5 Å². The number of thioether (sulfide) groups is 1. The number of halogens is 1. The lowest BCUT2D eigenvalue weighted by Crippen LogP contribution is -2.42. The van der Waals surface area contributed by atoms with Crippen molar-refractivity contribution in [2.45, 2.75) is 49.6 Å². The molecule has 0 fully saturated rings. The fraction of sp³-hybridized carbons (Fsp3) is 0.310. The van der Waals surface area contributed by atoms with E-state index < -0.39 is 5.92 Å². The van der Waals surface area contributed by atoms with Gasteiger partial charge in [0.2, 0.25) is 5.13 Å². The van der Waals surface area contributed by atoms with Gasteiger partial charge in [-0.05, 0) is 48.1 Å². The van der Waals surface area contributed by atoms with Crippen LogP contribution in [0.5, 0.6) is 5.75 Å². The quantitative estimate of drug-likeness (QED) is 0.305. The van der Waals surface area contributed by atoms with E-state index in [1.165, 1.54) is 23.1 Å². The summed E-state index contributed by atoms with van der Waals surface area (Å²) >= 11 is 9.23. The minimum absolute atomic E-state index is 0.0169. The third-order valence-corrected chi connectivity index (χ3v) is 9.26. The van der Waals surface area contributed by atoms with E-state index in [-0.39, 0.29) is 17.0 Å². The number of hydrogen-bond donors (Lipinski definition) is 1. The molecule has 5 rings (SSSR count). The molecule has 10 heteroatoms. The molecule has 0 saturated carbocycles. The number of anilines is 1. The molecule has 2 heterocycles. The van der Waals surface area contributed by atoms with Gasteiger partial charge in [0, 0.05) is 28.5 Å². The van der Waals surface area contributed by atoms with Gasteiger partial charge in [0.25, 0.3) is 0 Å². The zero-order chi connectivity index (χ0) is 27.7. The molecule has 0 spiro atoms. The van der Waals surface area contributed by atoms with Crippen molar-refractivity contribution in [1.29, 1.82) is 5.26 Å². The monoisotopic (exact) mass is 577 g/mol. The number of carbonyl (C=O) groups excluding carboxylic acids is 1. The molecular weight excluding hydrogens is 550 g/mol. The van der Waals surface area contributed by atoms with Crippen LogP contribution in [0, 0.1) is 16.7 Å². The minimum Gasteiger partial charge on any atom is -0.494 e. The Morgan fingerprint density at radius 1 is 1.21 bits per heavy atom. The number of carbonyl (C=O) groups is 1. The van der Waals surface area contributed by atoms with E-state index >= 15 is 0 Å². The van der Waals surface area contributed by atoms with Crippen LogP contribution in [0.25, 0.3) is 0 Å². The van der Waals surface area contributed by atoms with Gasteiger partial charge in [-0.15, -0.1) is 10.2 Å². The van der Waals surface area contributed by atoms with Crippen LogP contribution in [0.15, 0.2) is 75.5 Å². The normalized spacial score (nSPS) is 18.7. The minimum atomic E-state index is -0.553. The lowest BCUT2D eigenvalue weighted by atomic mass is 9.68. The van der Waals surface area contributed by atoms with Crippen molar-refractivity contribution in [2.75, 3.05) is 11.5 Å². The van der Waals surface area contributed by atoms with Gasteiger partial charge in [0.05, 0.1) is 24.2 Å². The predicted octanol–water partition coefficient (Wildman–Crippen LogP) is 6.82. The lowest BCUT2D eigenvalue weighted by molar-refractivity contribution is -0.118. The Hall–Kier alpha value is -3.32. The summed E-state index contributed by atoms with van der Waals surface area (Å²) in [5.74, 6) is 1.11. The van der Waals surface area contributed by atoms with Crippen LogP contribution in [0.2, 0.25) is 5.02 Å². The Balaban J connectivity index is 1.55. The van der Waals surface area contributed by atoms with E-state index in [0.717, 1.165) is 26.9 Å². The van der Waals surface area contributed by atoms with Crippen molar-refractivity contribution in [3.8, 4) is 11.8 Å². The van der Waals surface area contributed by atoms with E-state index in [1.807, 2.05) is 55.5 Å². The molecule has 1 atom stereocenters. The van der Waals surface area contributed by atoms with Crippen molar-refractivity contribution < 1.29 is 9.53 Å². The number of nitriles is 1. The van der Waals surface area contributed by atoms with Crippen LogP contribution in [0.4, 0.5) is 5.13 Å². The number of ether oxygens (including phenoxy) is 1. The molecule has 0 amide bonds. The summed E-state index contributed by atoms with van der Waals surface area (Å²) in [6.07, 6.45) is 1.00. The van der Waals surface area contributed by atoms with E-state index in [4.69, 9.17) is 22.1 Å². The van der Waals surface area contributed by atoms with E-state index in [2.05, 4.69) is 30.1 Å². The molecule has 1 aliphatic carbocycles. The largest absolute Gasteiger partial charge is 0.494 e. The third-order valence-electron chi connectivity index (χ3n) is 6.80. The topological polar surface area (TPSA) is 105 Å². The maximum absolute atomic E-state index is 13.7. The molecule has 0 saturated heterocycles. The number of nitrogens with zero attached hydrogens (tertiary/aromatic N) is 4. The summed E-state index contributed by atoms with van der Waals surface area (Å²) in [4.78, 5) is 15.5. The Bertz CT molecular complexity index is 1520. The molecule has 2 N–H and O–H groups in total. The number of aromatic nitrogens is 2. The first kappa shape index (κ1) is 27.3. The number of Topliss-reactive ketones (excluding diaryl/α,β-unsaturated/α-hetero) is 1. The second-order valence-electron chi connectivity index (χ2n) is 10.2. The van der Waals surface area contributed by atoms with Gasteiger partial charge in [0.15, 0.2) is 10.1 Å². The Morgan fingerprint density at radius 3 is 2.64 bits per heavy atom. The zero-order valence-corrected chi connectivity index (χ0v) is 24.3. The molecule has 1 unspecified atom stereocenters. The Kier molecular flexibility index (Phi) is 7.72. The first-order chi connectivity index (χ1) is 18.7. The lowest BCUT2D eigenvalue weighted by Gasteiger charge is -2.42. The number of ketones is 1. The fourth-order valence-corrected chi connectivity index (χ4v) is 7.26. The van der Waals surface area contributed by atoms with Gasteiger partial charge < -0.3 is 10.5 Å². The summed E-state index contributed by atoms with van der Waals surface area (Å²) in [7, 11) is 0. The summed E-state index contributed by atoms with van der Waals surface area (Å²) in [5, 5.41) is 20.4. The van der Waals surface area contributed by atoms with Crippen LogP contribution in [-0.2, 0) is 10.5 Å². The highest BCUT2D eigenvalue weighted by Gasteiger charge is 2.45. The molecule has 2 aliphatic rings. The van der Waals surface area contributed by atoms with Gasteiger partial charge in [-0.25, -0.2) is 0 Å². The van der Waals surface area contributed by atoms with Crippen LogP contribution >= 0.6 is 34.7 Å². The maximum Gasteiger partial charge on any atom is 0.219 e. The maximum atomic E-state index is 13.7. The highest BCUT2D eigenvalue weighted by molar-refractivity contribution is 8.00. The molecule has 7 nitrogen and oxygen atoms in total. The SMILES string of the molecule is CCOc1ccc(C2C(C#N)=C(N)N(c3nnc(SCc4ccccc4Cl)s3)C3=C2C(=O)CC(C)(C)C3)cc1. The smallest absolute Gasteiger partial charge is 0.219 e. The predicted molar refractivity (Wildman–Crippen MR) is 156 cm³/mol. The highest BCUT2D eigenvalue weighted by atomic mass is 35.5. The van der Waals surface area contributed by atoms with Crippen molar-refractivity contribution in [2.24, 2.45) is 11.1 Å². The number of nitrogens with two attached hydrogens (primary N) is 1. The average molecular weight is 578 g/mol. The van der Waals surface area contributed by atoms with Crippen LogP contribution in [0.1, 0.15) is 50.7 Å². The second-order valence-corrected chi connectivity index (χ2v) is 12.8. The van der Waals surface area contributed by atoms with Gasteiger partial charge >= 0.3 is 0 Å². The van der Waals surface area contributed by atoms with Crippen LogP contribution < -0.4 is 15.4 Å². The van der Waals surface area contributed by atoms with Crippen molar-refractivity contribution in [3.63, 3.8) is 0 Å². The van der Waals surface area contributed by atoms with Gasteiger partial charge in [-0.1, -0.05) is 78.9 Å². The van der Waals surface area contributed by atoms with Crippen molar-refractivity contribution >= 4 is 45.6 Å². The standard InChI is InChI=1S/C29H28ClN5O2S2/c1-4-37-19-11-9-17(10-12-19)24-20(15-31)26(32)35(22-13-29(2,3)14-23(36)25(22)24)27-33-34-28(39-27)38-16-18-7-5-6-8-21(18)30/h5-12,24H,4,13-14,16,32H2,1-3H3. The van der Waals surface area contributed by atoms with E-state index in [1.54, 1.807) is 4.90 Å². The van der Waals surface area contributed by atoms with E-state index in [9.17, 15) is 10.1 Å². The first-order valence-corrected chi connectivity index (χ1v) is 14.8. The van der Waals surface area contributed by atoms with Gasteiger partial charge in [0.1, 0.15) is 11.6 Å². The molecular formula is C29H28ClN5O2S2. The van der Waals surface area contributed by atoms with Gasteiger partial charge in [-0.3, -0.25) is 9.69 Å². The number of hydrogen-bond acceptors (Lipinski definition) is 9. The Labute approximate surface area is 241 Å². The van der Waals surface area contributed by atoms with Crippen LogP contribution in [0.3, 0.4) is 0 Å². The Morgan fingerprint density at radius 2 is 1.95 bits per heavy atom. The fourth-order valence-electron chi connectivity index (χ4n) is 5.09. The molecule has 0 radical (unpaired) electrons. The second kappa shape index (κ2) is 11.0. The third kappa shape index (κ3) is 5.42. The average Bonchev–Trinajstić information content (AvgIpc) is 3.36. The van der Waals surface area contributed by atoms with Crippen molar-refractivity contribution in [1.82, 2.24) is 10.2 Å². The molecule has 2 aromatic carbocycles. The molecule has 3 aromatic rings. The summed E-state index contributed by atoms with van der Waals surface area (Å²) < 4.78 is 6.34. The zero-order valence-electron chi connectivity index (χ0n) is 21.9. The first-order valence-electron chi connectivity index (χ1n) is 12.6. The number of rotatable bonds is 7. The van der Waals surface area contributed by atoms with Crippen molar-refractivity contribution in [3.05, 3.63) is 87.3 Å². The molecule has 1 aromatic heterocycles. The summed E-state index contributed by atoms with van der Waals surface area (Å²) in [5.41, 5.74) is 10.0. The summed E-state index contributed by atoms with van der Waals surface area (Å²) in [6, 6.07) is 17.5. The van der Waals surface area contributed by atoms with Gasteiger partial charge in [-0.2, -0.15) is 5.26 Å². The number of allylic oxidation sites excluding steroid dienone is 3. The number of benzene rings is 2.